The van der Waals surface area contributed by atoms with Crippen LogP contribution in [0.15, 0.2) is 12.4 Å². The molecule has 0 radical (unpaired) electrons. The van der Waals surface area contributed by atoms with Crippen LogP contribution in [-0.2, 0) is 19.5 Å². The Kier molecular flexibility index (Phi) is 24.8. The van der Waals surface area contributed by atoms with Gasteiger partial charge in [-0.15, -0.1) is 0 Å². The zero-order chi connectivity index (χ0) is 26.7. The molecular weight excluding hydrogens is 448 g/mol. The molecule has 218 valence electrons. The maximum absolute atomic E-state index is 2.61. The fraction of sp³-hybridized carbons (Fsp3) is 0.914. The van der Waals surface area contributed by atoms with Crippen LogP contribution in [0.25, 0.3) is 0 Å². The normalized spacial score (nSPS) is 11.5. The molecule has 0 unspecified atom stereocenters. The van der Waals surface area contributed by atoms with Crippen molar-refractivity contribution in [2.24, 2.45) is 0 Å². The number of rotatable bonds is 29. The predicted octanol–water partition coefficient (Wildman–Crippen LogP) is 11.5. The first-order valence-electron chi connectivity index (χ1n) is 17.4. The Hall–Kier alpha value is -0.790. The minimum atomic E-state index is 1.23. The summed E-state index contributed by atoms with van der Waals surface area (Å²) in [4.78, 5) is 0. The molecule has 1 aromatic heterocycles. The van der Waals surface area contributed by atoms with Gasteiger partial charge in [0.2, 0.25) is 0 Å². The first-order valence-corrected chi connectivity index (χ1v) is 17.4. The van der Waals surface area contributed by atoms with Crippen molar-refractivity contribution in [3.63, 3.8) is 0 Å². The van der Waals surface area contributed by atoms with Gasteiger partial charge >= 0.3 is 0 Å². The highest BCUT2D eigenvalue weighted by atomic mass is 15.1. The molecule has 0 spiro atoms. The molecule has 1 heterocycles. The summed E-state index contributed by atoms with van der Waals surface area (Å²) < 4.78 is 5.22. The van der Waals surface area contributed by atoms with Crippen molar-refractivity contribution < 1.29 is 4.57 Å². The highest BCUT2D eigenvalue weighted by Gasteiger charge is 2.16. The van der Waals surface area contributed by atoms with E-state index >= 15 is 0 Å². The summed E-state index contributed by atoms with van der Waals surface area (Å²) in [6, 6.07) is 0. The van der Waals surface area contributed by atoms with Gasteiger partial charge < -0.3 is 0 Å². The average molecular weight is 518 g/mol. The van der Waals surface area contributed by atoms with Crippen LogP contribution in [0.4, 0.5) is 0 Å². The molecule has 0 N–H and O–H groups in total. The van der Waals surface area contributed by atoms with Gasteiger partial charge in [-0.2, -0.15) is 0 Å². The van der Waals surface area contributed by atoms with Gasteiger partial charge in [-0.3, -0.25) is 0 Å². The van der Waals surface area contributed by atoms with E-state index in [-0.39, 0.29) is 0 Å². The lowest BCUT2D eigenvalue weighted by Gasteiger charge is -2.07. The van der Waals surface area contributed by atoms with Crippen LogP contribution in [0.3, 0.4) is 0 Å². The van der Waals surface area contributed by atoms with E-state index in [2.05, 4.69) is 42.3 Å². The minimum Gasteiger partial charge on any atom is -0.234 e. The lowest BCUT2D eigenvalue weighted by atomic mass is 10.0. The molecule has 2 heteroatoms. The standard InChI is InChI=1S/C35H69N2/c1-4-7-10-13-15-17-18-19-20-21-23-26-29-32-37-34-33-36(35(37)30-27-24-12-9-6-3)31-28-25-22-16-14-11-8-5-2/h33-34H,4-32H2,1-3H3/q+1. The molecule has 0 aliphatic rings. The van der Waals surface area contributed by atoms with Gasteiger partial charge in [-0.05, 0) is 32.1 Å². The summed E-state index contributed by atoms with van der Waals surface area (Å²) in [6.45, 7) is 9.39. The third-order valence-corrected chi connectivity index (χ3v) is 8.35. The summed E-state index contributed by atoms with van der Waals surface area (Å²) in [6.07, 6.45) is 42.9. The monoisotopic (exact) mass is 518 g/mol. The van der Waals surface area contributed by atoms with Gasteiger partial charge in [0.25, 0.3) is 5.82 Å². The summed E-state index contributed by atoms with van der Waals surface area (Å²) >= 11 is 0. The van der Waals surface area contributed by atoms with Crippen LogP contribution in [0.5, 0.6) is 0 Å². The number of aromatic nitrogens is 2. The molecule has 37 heavy (non-hydrogen) atoms. The van der Waals surface area contributed by atoms with E-state index < -0.39 is 0 Å². The van der Waals surface area contributed by atoms with Crippen LogP contribution in [0.1, 0.15) is 194 Å². The quantitative estimate of drug-likeness (QED) is 0.0737. The number of hydrogen-bond acceptors (Lipinski definition) is 0. The molecule has 1 rings (SSSR count). The van der Waals surface area contributed by atoms with Crippen molar-refractivity contribution in [1.29, 1.82) is 0 Å². The number of nitrogens with zero attached hydrogens (tertiary/aromatic N) is 2. The van der Waals surface area contributed by atoms with Crippen molar-refractivity contribution in [2.45, 2.75) is 207 Å². The zero-order valence-electron chi connectivity index (χ0n) is 26.1. The minimum absolute atomic E-state index is 1.23. The molecule has 0 amide bonds. The van der Waals surface area contributed by atoms with Crippen molar-refractivity contribution >= 4 is 0 Å². The van der Waals surface area contributed by atoms with Gasteiger partial charge in [0, 0.05) is 6.42 Å². The topological polar surface area (TPSA) is 8.81 Å². The zero-order valence-corrected chi connectivity index (χ0v) is 26.1. The average Bonchev–Trinajstić information content (AvgIpc) is 3.29. The predicted molar refractivity (Wildman–Crippen MR) is 165 cm³/mol. The number of imidazole rings is 1. The number of hydrogen-bond donors (Lipinski definition) is 0. The Morgan fingerprint density at radius 3 is 1.30 bits per heavy atom. The Bertz CT molecular complexity index is 576. The Balaban J connectivity index is 2.24. The summed E-state index contributed by atoms with van der Waals surface area (Å²) in [7, 11) is 0. The van der Waals surface area contributed by atoms with E-state index in [0.29, 0.717) is 0 Å². The molecule has 2 nitrogen and oxygen atoms in total. The van der Waals surface area contributed by atoms with E-state index in [4.69, 9.17) is 0 Å². The van der Waals surface area contributed by atoms with Crippen LogP contribution in [0.2, 0.25) is 0 Å². The van der Waals surface area contributed by atoms with Crippen molar-refractivity contribution in [2.75, 3.05) is 0 Å². The third-order valence-electron chi connectivity index (χ3n) is 8.35. The third kappa shape index (κ3) is 19.9. The smallest absolute Gasteiger partial charge is 0.234 e. The molecule has 0 aliphatic heterocycles. The van der Waals surface area contributed by atoms with E-state index in [1.807, 2.05) is 0 Å². The van der Waals surface area contributed by atoms with E-state index in [1.54, 1.807) is 5.82 Å². The Labute approximate surface area is 234 Å². The molecular formula is C35H69N2+. The summed E-state index contributed by atoms with van der Waals surface area (Å²) in [5.74, 6) is 1.61. The largest absolute Gasteiger partial charge is 0.256 e. The van der Waals surface area contributed by atoms with Gasteiger partial charge in [0.1, 0.15) is 12.4 Å². The fourth-order valence-corrected chi connectivity index (χ4v) is 5.80. The maximum Gasteiger partial charge on any atom is 0.256 e. The molecule has 0 aliphatic carbocycles. The lowest BCUT2D eigenvalue weighted by Crippen LogP contribution is -2.37. The highest BCUT2D eigenvalue weighted by molar-refractivity contribution is 4.84. The van der Waals surface area contributed by atoms with Gasteiger partial charge in [0.15, 0.2) is 0 Å². The van der Waals surface area contributed by atoms with Gasteiger partial charge in [-0.1, -0.05) is 156 Å². The second-order valence-corrected chi connectivity index (χ2v) is 12.0. The fourth-order valence-electron chi connectivity index (χ4n) is 5.80. The van der Waals surface area contributed by atoms with Crippen LogP contribution >= 0.6 is 0 Å². The molecule has 0 aromatic carbocycles. The van der Waals surface area contributed by atoms with E-state index in [9.17, 15) is 0 Å². The van der Waals surface area contributed by atoms with E-state index in [1.165, 1.54) is 186 Å². The van der Waals surface area contributed by atoms with E-state index in [0.717, 1.165) is 0 Å². The molecule has 0 saturated heterocycles. The van der Waals surface area contributed by atoms with Gasteiger partial charge in [-0.25, -0.2) is 9.13 Å². The van der Waals surface area contributed by atoms with Crippen LogP contribution < -0.4 is 4.57 Å². The van der Waals surface area contributed by atoms with Crippen molar-refractivity contribution in [3.05, 3.63) is 18.2 Å². The van der Waals surface area contributed by atoms with Crippen molar-refractivity contribution in [3.8, 4) is 0 Å². The van der Waals surface area contributed by atoms with Crippen molar-refractivity contribution in [1.82, 2.24) is 4.57 Å². The Morgan fingerprint density at radius 2 is 0.838 bits per heavy atom. The lowest BCUT2D eigenvalue weighted by molar-refractivity contribution is -0.704. The number of aryl methyl sites for hydroxylation is 2. The molecule has 0 atom stereocenters. The summed E-state index contributed by atoms with van der Waals surface area (Å²) in [5.41, 5.74) is 0. The Morgan fingerprint density at radius 1 is 0.459 bits per heavy atom. The second-order valence-electron chi connectivity index (χ2n) is 12.0. The molecule has 0 bridgehead atoms. The molecule has 1 aromatic rings. The summed E-state index contributed by atoms with van der Waals surface area (Å²) in [5, 5.41) is 0. The first kappa shape index (κ1) is 34.2. The number of unbranched alkanes of at least 4 members (excludes halogenated alkanes) is 23. The second kappa shape index (κ2) is 26.8. The molecule has 0 fully saturated rings. The SMILES string of the molecule is CCCCCCCCCCCCCCC[n+]1ccn(CCCCCCCCCC)c1CCCCCCC. The van der Waals surface area contributed by atoms with Crippen LogP contribution in [0, 0.1) is 0 Å². The maximum atomic E-state index is 2.61. The van der Waals surface area contributed by atoms with Gasteiger partial charge in [0.05, 0.1) is 13.1 Å². The van der Waals surface area contributed by atoms with Crippen LogP contribution in [-0.4, -0.2) is 4.57 Å². The first-order chi connectivity index (χ1) is 18.3. The highest BCUT2D eigenvalue weighted by Crippen LogP contribution is 2.14. The molecule has 0 saturated carbocycles.